The third-order valence-electron chi connectivity index (χ3n) is 9.33. The number of carbonyl (C=O) groups excluding carboxylic acids is 6. The van der Waals surface area contributed by atoms with Crippen molar-refractivity contribution in [3.05, 3.63) is 52.1 Å². The molecule has 1 fully saturated rings. The Morgan fingerprint density at radius 1 is 1.07 bits per heavy atom. The molecule has 332 valence electrons. The molecule has 23 heteroatoms. The molecule has 1 aromatic carbocycles. The van der Waals surface area contributed by atoms with E-state index in [4.69, 9.17) is 4.74 Å². The van der Waals surface area contributed by atoms with E-state index in [0.717, 1.165) is 49.7 Å². The number of nitrogens with one attached hydrogen (secondary N) is 4. The van der Waals surface area contributed by atoms with Gasteiger partial charge in [-0.05, 0) is 49.9 Å². The van der Waals surface area contributed by atoms with Crippen LogP contribution < -0.4 is 26.4 Å². The van der Waals surface area contributed by atoms with Crippen LogP contribution in [0.25, 0.3) is 11.2 Å². The Balaban J connectivity index is 1.29. The van der Waals surface area contributed by atoms with Crippen molar-refractivity contribution in [3.63, 3.8) is 0 Å². The van der Waals surface area contributed by atoms with Crippen LogP contribution in [-0.2, 0) is 35.3 Å². The number of fused-ring (bicyclic) bond motifs is 1. The van der Waals surface area contributed by atoms with E-state index in [1.165, 1.54) is 10.8 Å². The number of esters is 1. The number of alkyl halides is 3. The van der Waals surface area contributed by atoms with E-state index in [9.17, 15) is 51.8 Å². The summed E-state index contributed by atoms with van der Waals surface area (Å²) in [5, 5.41) is 17.5. The van der Waals surface area contributed by atoms with Gasteiger partial charge in [0.2, 0.25) is 23.7 Å². The summed E-state index contributed by atoms with van der Waals surface area (Å²) >= 11 is 0. The second-order valence-corrected chi connectivity index (χ2v) is 16.9. The maximum Gasteiger partial charge on any atom is 0.471 e. The van der Waals surface area contributed by atoms with Crippen LogP contribution in [0.2, 0.25) is 0 Å². The fourth-order valence-corrected chi connectivity index (χ4v) is 8.09. The molecule has 1 saturated heterocycles. The number of aliphatic hydroxyl groups excluding tert-OH is 1. The van der Waals surface area contributed by atoms with Gasteiger partial charge in [-0.3, -0.25) is 44.0 Å². The first kappa shape index (κ1) is 48.4. The largest absolute Gasteiger partial charge is 0.471 e. The van der Waals surface area contributed by atoms with Crippen LogP contribution in [0.4, 0.5) is 24.8 Å². The van der Waals surface area contributed by atoms with Crippen molar-refractivity contribution in [1.29, 1.82) is 0 Å². The maximum absolute atomic E-state index is 13.8. The predicted octanol–water partition coefficient (Wildman–Crippen LogP) is 3.10. The first-order valence-electron chi connectivity index (χ1n) is 19.3. The number of ether oxygens (including phenoxy) is 1. The predicted molar refractivity (Wildman–Crippen MR) is 221 cm³/mol. The zero-order valence-electron chi connectivity index (χ0n) is 33.9. The summed E-state index contributed by atoms with van der Waals surface area (Å²) in [5.41, 5.74) is -2.02. The minimum atomic E-state index is -5.33. The van der Waals surface area contributed by atoms with E-state index in [2.05, 4.69) is 35.9 Å². The number of hydrogen-bond acceptors (Lipinski definition) is 14. The van der Waals surface area contributed by atoms with Gasteiger partial charge in [-0.25, -0.2) is 14.8 Å². The molecule has 3 aromatic rings. The summed E-state index contributed by atoms with van der Waals surface area (Å²) in [4.78, 5) is 104. The Bertz CT molecular complexity index is 2110. The van der Waals surface area contributed by atoms with Crippen LogP contribution in [0, 0.1) is 5.92 Å². The van der Waals surface area contributed by atoms with Crippen molar-refractivity contribution >= 4 is 79.9 Å². The number of likely N-dealkylation sites (tertiary alicyclic amines) is 1. The van der Waals surface area contributed by atoms with E-state index >= 15 is 0 Å². The highest BCUT2D eigenvalue weighted by Crippen LogP contribution is 2.27. The molecule has 0 saturated carbocycles. The number of methoxy groups -OCH3 is 1. The number of aliphatic hydroxyl groups is 1. The fourth-order valence-electron chi connectivity index (χ4n) is 6.10. The van der Waals surface area contributed by atoms with E-state index in [0.29, 0.717) is 43.0 Å². The van der Waals surface area contributed by atoms with Crippen molar-refractivity contribution in [1.82, 2.24) is 35.5 Å². The first-order chi connectivity index (χ1) is 28.9. The van der Waals surface area contributed by atoms with Crippen molar-refractivity contribution in [2.75, 3.05) is 41.9 Å². The Hall–Kier alpha value is -5.29. The minimum Gasteiger partial charge on any atom is -0.467 e. The number of aromatic amines is 1. The van der Waals surface area contributed by atoms with Crippen molar-refractivity contribution < 1.29 is 51.8 Å². The third kappa shape index (κ3) is 14.1. The summed E-state index contributed by atoms with van der Waals surface area (Å²) in [6, 6.07) is 3.24. The zero-order valence-corrected chi connectivity index (χ0v) is 35.5. The molecule has 4 rings (SSSR count). The number of carbonyl (C=O) groups is 6. The summed E-state index contributed by atoms with van der Waals surface area (Å²) in [6.45, 7) is 5.15. The molecule has 0 spiro atoms. The van der Waals surface area contributed by atoms with E-state index < -0.39 is 60.0 Å². The van der Waals surface area contributed by atoms with Gasteiger partial charge in [-0.15, -0.1) is 0 Å². The summed E-state index contributed by atoms with van der Waals surface area (Å²) in [6.07, 6.45) is -2.56. The number of rotatable bonds is 20. The summed E-state index contributed by atoms with van der Waals surface area (Å²) in [7, 11) is 4.20. The highest BCUT2D eigenvalue weighted by atomic mass is 33.1. The lowest BCUT2D eigenvalue weighted by atomic mass is 10.1. The number of anilines is 2. The molecule has 3 heterocycles. The lowest BCUT2D eigenvalue weighted by Gasteiger charge is -2.24. The molecule has 0 bridgehead atoms. The van der Waals surface area contributed by atoms with Crippen molar-refractivity contribution in [3.8, 4) is 0 Å². The number of nitrogens with zero attached hydrogens (tertiary/aromatic N) is 5. The second-order valence-electron chi connectivity index (χ2n) is 14.2. The molecule has 1 aliphatic rings. The van der Waals surface area contributed by atoms with E-state index in [1.54, 1.807) is 29.5 Å². The van der Waals surface area contributed by atoms with Gasteiger partial charge in [0.15, 0.2) is 11.2 Å². The number of H-pyrrole nitrogens is 1. The standard InChI is InChI=1S/C38H48F3N9O9S2/c1-5-24-17-26(51)20-49(24)29(53)7-6-15-60-61-16-14-42-28(52)13-12-27(35(57)59-4)45-33(55)22-8-10-25(11-9-22)50(36(58)38(39,40)41)19-23-18-43-31-30(44-23)34(56)48-37(46-31)47-32(54)21(2)3/h8-11,18,21,24,26-27,51H,5-7,12-17,19-20H2,1-4H3,(H,42,52)(H,45,55)(H2,43,46,47,48,54,56)/t24-,26-,27-/m1/s1. The van der Waals surface area contributed by atoms with Gasteiger partial charge in [-0.1, -0.05) is 42.4 Å². The Kier molecular flexibility index (Phi) is 17.9. The van der Waals surface area contributed by atoms with E-state index in [-0.39, 0.29) is 64.8 Å². The molecule has 0 radical (unpaired) electrons. The molecule has 0 aliphatic carbocycles. The number of hydrogen-bond donors (Lipinski definition) is 5. The Morgan fingerprint density at radius 3 is 2.43 bits per heavy atom. The topological polar surface area (TPSA) is 246 Å². The third-order valence-corrected chi connectivity index (χ3v) is 11.8. The Morgan fingerprint density at radius 2 is 1.77 bits per heavy atom. The SMILES string of the molecule is CC[C@@H]1C[C@@H](O)CN1C(=O)CCCSSCCNC(=O)CC[C@@H](NC(=O)c1ccc(N(Cc2cnc3nc(NC(=O)C(C)C)[nH]c(=O)c3n2)C(=O)C(F)(F)F)cc1)C(=O)OC. The Labute approximate surface area is 356 Å². The summed E-state index contributed by atoms with van der Waals surface area (Å²) < 4.78 is 46.0. The molecule has 18 nitrogen and oxygen atoms in total. The molecule has 5 amide bonds. The number of amides is 5. The van der Waals surface area contributed by atoms with Gasteiger partial charge < -0.3 is 25.4 Å². The lowest BCUT2D eigenvalue weighted by Crippen LogP contribution is -2.42. The van der Waals surface area contributed by atoms with Crippen molar-refractivity contribution in [2.24, 2.45) is 5.92 Å². The van der Waals surface area contributed by atoms with Crippen LogP contribution in [0.15, 0.2) is 35.3 Å². The van der Waals surface area contributed by atoms with Crippen LogP contribution in [0.5, 0.6) is 0 Å². The number of β-amino-alcohol motifs (C(OH)–C–C–N with tert-alkyl or cyclic N) is 1. The average Bonchev–Trinajstić information content (AvgIpc) is 3.62. The van der Waals surface area contributed by atoms with E-state index in [1.807, 2.05) is 6.92 Å². The molecule has 0 unspecified atom stereocenters. The molecule has 1 aliphatic heterocycles. The normalized spacial score (nSPS) is 15.7. The van der Waals surface area contributed by atoms with Gasteiger partial charge in [0.25, 0.3) is 11.5 Å². The molecule has 2 aromatic heterocycles. The zero-order chi connectivity index (χ0) is 44.9. The summed E-state index contributed by atoms with van der Waals surface area (Å²) in [5.74, 6) is -4.04. The fraction of sp³-hybridized carbons (Fsp3) is 0.526. The highest BCUT2D eigenvalue weighted by Gasteiger charge is 2.43. The smallest absolute Gasteiger partial charge is 0.467 e. The highest BCUT2D eigenvalue weighted by molar-refractivity contribution is 8.76. The molecular weight excluding hydrogens is 848 g/mol. The molecular formula is C38H48F3N9O9S2. The van der Waals surface area contributed by atoms with Crippen molar-refractivity contribution in [2.45, 2.75) is 90.2 Å². The lowest BCUT2D eigenvalue weighted by molar-refractivity contribution is -0.170. The van der Waals surface area contributed by atoms with Gasteiger partial charge in [0, 0.05) is 60.6 Å². The van der Waals surface area contributed by atoms with Gasteiger partial charge in [0.05, 0.1) is 31.6 Å². The average molecular weight is 896 g/mol. The van der Waals surface area contributed by atoms with Crippen LogP contribution >= 0.6 is 21.6 Å². The first-order valence-corrected chi connectivity index (χ1v) is 21.8. The van der Waals surface area contributed by atoms with Gasteiger partial charge >= 0.3 is 18.1 Å². The van der Waals surface area contributed by atoms with Crippen LogP contribution in [-0.4, -0.2) is 122 Å². The minimum absolute atomic E-state index is 0.0430. The molecule has 61 heavy (non-hydrogen) atoms. The number of aromatic nitrogens is 4. The van der Waals surface area contributed by atoms with Crippen LogP contribution in [0.3, 0.4) is 0 Å². The van der Waals surface area contributed by atoms with Gasteiger partial charge in [-0.2, -0.15) is 18.2 Å². The van der Waals surface area contributed by atoms with Gasteiger partial charge in [0.1, 0.15) is 6.04 Å². The quantitative estimate of drug-likeness (QED) is 0.0622. The molecule has 5 N–H and O–H groups in total. The second kappa shape index (κ2) is 22.5. The molecule has 3 atom stereocenters. The number of benzene rings is 1. The van der Waals surface area contributed by atoms with Crippen LogP contribution in [0.1, 0.15) is 75.3 Å². The number of halogens is 3. The monoisotopic (exact) mass is 895 g/mol. The maximum atomic E-state index is 13.8.